The molecule has 0 aliphatic rings. The van der Waals surface area contributed by atoms with Gasteiger partial charge in [-0.2, -0.15) is 0 Å². The van der Waals surface area contributed by atoms with Crippen molar-refractivity contribution in [3.8, 4) is 5.75 Å². The first-order valence-corrected chi connectivity index (χ1v) is 5.82. The summed E-state index contributed by atoms with van der Waals surface area (Å²) in [5.74, 6) is -0.167. The third kappa shape index (κ3) is 3.61. The van der Waals surface area contributed by atoms with Gasteiger partial charge < -0.3 is 20.7 Å². The van der Waals surface area contributed by atoms with Gasteiger partial charge in [-0.05, 0) is 25.1 Å². The molecule has 0 aliphatic carbocycles. The average Bonchev–Trinajstić information content (AvgIpc) is 2.37. The van der Waals surface area contributed by atoms with E-state index in [1.807, 2.05) is 0 Å². The minimum atomic E-state index is -0.617. The van der Waals surface area contributed by atoms with Crippen molar-refractivity contribution in [1.29, 1.82) is 0 Å². The lowest BCUT2D eigenvalue weighted by Crippen LogP contribution is -2.44. The molecule has 3 N–H and O–H groups in total. The Balaban J connectivity index is 2.89. The molecule has 0 spiro atoms. The van der Waals surface area contributed by atoms with Crippen molar-refractivity contribution in [3.63, 3.8) is 0 Å². The van der Waals surface area contributed by atoms with E-state index in [0.29, 0.717) is 17.0 Å². The zero-order valence-corrected chi connectivity index (χ0v) is 11.6. The van der Waals surface area contributed by atoms with E-state index in [9.17, 15) is 9.59 Å². The van der Waals surface area contributed by atoms with Crippen LogP contribution in [0, 0.1) is 0 Å². The summed E-state index contributed by atoms with van der Waals surface area (Å²) < 4.78 is 5.10. The Kier molecular flexibility index (Phi) is 4.74. The molecule has 6 heteroatoms. The predicted octanol–water partition coefficient (Wildman–Crippen LogP) is 0.484. The number of nitrogens with two attached hydrogens (primary N) is 1. The van der Waals surface area contributed by atoms with Gasteiger partial charge in [-0.25, -0.2) is 0 Å². The van der Waals surface area contributed by atoms with Crippen molar-refractivity contribution in [1.82, 2.24) is 10.2 Å². The van der Waals surface area contributed by atoms with E-state index in [2.05, 4.69) is 5.32 Å². The van der Waals surface area contributed by atoms with Gasteiger partial charge >= 0.3 is 0 Å². The van der Waals surface area contributed by atoms with E-state index in [1.165, 1.54) is 18.1 Å². The molecule has 0 fully saturated rings. The molecule has 1 atom stereocenters. The van der Waals surface area contributed by atoms with Gasteiger partial charge in [0.2, 0.25) is 5.91 Å². The highest BCUT2D eigenvalue weighted by Gasteiger charge is 2.20. The maximum absolute atomic E-state index is 12.1. The van der Waals surface area contributed by atoms with Crippen molar-refractivity contribution in [2.75, 3.05) is 26.9 Å². The summed E-state index contributed by atoms with van der Waals surface area (Å²) >= 11 is 0. The maximum atomic E-state index is 12.1. The fourth-order valence-electron chi connectivity index (χ4n) is 1.63. The van der Waals surface area contributed by atoms with Gasteiger partial charge in [-0.1, -0.05) is 0 Å². The van der Waals surface area contributed by atoms with Crippen LogP contribution in [-0.2, 0) is 4.79 Å². The van der Waals surface area contributed by atoms with E-state index in [0.717, 1.165) is 0 Å². The number of nitrogen functional groups attached to an aromatic ring is 1. The van der Waals surface area contributed by atoms with Gasteiger partial charge in [0.25, 0.3) is 5.91 Å². The van der Waals surface area contributed by atoms with Crippen molar-refractivity contribution >= 4 is 17.5 Å². The number of nitrogens with zero attached hydrogens (tertiary/aromatic N) is 1. The zero-order chi connectivity index (χ0) is 14.6. The second-order valence-corrected chi connectivity index (χ2v) is 4.39. The lowest BCUT2D eigenvalue weighted by Gasteiger charge is -2.18. The number of carbonyl (C=O) groups excluding carboxylic acids is 2. The molecule has 1 aromatic carbocycles. The quantitative estimate of drug-likeness (QED) is 0.776. The molecule has 104 valence electrons. The van der Waals surface area contributed by atoms with Crippen molar-refractivity contribution in [2.24, 2.45) is 0 Å². The fourth-order valence-corrected chi connectivity index (χ4v) is 1.63. The Bertz CT molecular complexity index is 486. The Morgan fingerprint density at radius 3 is 2.53 bits per heavy atom. The summed E-state index contributed by atoms with van der Waals surface area (Å²) in [7, 11) is 4.73. The van der Waals surface area contributed by atoms with Crippen LogP contribution < -0.4 is 15.8 Å². The molecule has 19 heavy (non-hydrogen) atoms. The van der Waals surface area contributed by atoms with E-state index in [1.54, 1.807) is 33.2 Å². The molecule has 0 aromatic heterocycles. The van der Waals surface area contributed by atoms with Gasteiger partial charge in [0.15, 0.2) is 0 Å². The molecule has 1 aromatic rings. The van der Waals surface area contributed by atoms with Gasteiger partial charge in [0.05, 0.1) is 12.7 Å². The summed E-state index contributed by atoms with van der Waals surface area (Å²) in [5.41, 5.74) is 6.41. The molecule has 0 aliphatic heterocycles. The standard InChI is InChI=1S/C13H19N3O3/c1-8(13(18)16(2)3)15-12(17)10-7-9(14)5-6-11(10)19-4/h5-8H,14H2,1-4H3,(H,15,17). The third-order valence-corrected chi connectivity index (χ3v) is 2.63. The number of likely N-dealkylation sites (N-methyl/N-ethyl adjacent to an activating group) is 1. The van der Waals surface area contributed by atoms with E-state index < -0.39 is 11.9 Å². The third-order valence-electron chi connectivity index (χ3n) is 2.63. The van der Waals surface area contributed by atoms with Crippen LogP contribution in [0.1, 0.15) is 17.3 Å². The molecule has 0 radical (unpaired) electrons. The molecule has 6 nitrogen and oxygen atoms in total. The monoisotopic (exact) mass is 265 g/mol. The highest BCUT2D eigenvalue weighted by molar-refractivity contribution is 6.00. The first-order valence-electron chi connectivity index (χ1n) is 5.82. The normalized spacial score (nSPS) is 11.6. The highest BCUT2D eigenvalue weighted by atomic mass is 16.5. The van der Waals surface area contributed by atoms with Crippen LogP contribution in [0.25, 0.3) is 0 Å². The van der Waals surface area contributed by atoms with E-state index in [4.69, 9.17) is 10.5 Å². The number of nitrogens with one attached hydrogen (secondary N) is 1. The first-order chi connectivity index (χ1) is 8.86. The Hall–Kier alpha value is -2.24. The van der Waals surface area contributed by atoms with Crippen LogP contribution in [0.4, 0.5) is 5.69 Å². The number of carbonyl (C=O) groups is 2. The van der Waals surface area contributed by atoms with Crippen molar-refractivity contribution < 1.29 is 14.3 Å². The van der Waals surface area contributed by atoms with Crippen LogP contribution in [0.2, 0.25) is 0 Å². The van der Waals surface area contributed by atoms with Gasteiger partial charge in [-0.3, -0.25) is 9.59 Å². The summed E-state index contributed by atoms with van der Waals surface area (Å²) in [6, 6.07) is 4.15. The van der Waals surface area contributed by atoms with E-state index in [-0.39, 0.29) is 5.91 Å². The topological polar surface area (TPSA) is 84.7 Å². The predicted molar refractivity (Wildman–Crippen MR) is 73.0 cm³/mol. The van der Waals surface area contributed by atoms with Crippen LogP contribution in [0.3, 0.4) is 0 Å². The Labute approximate surface area is 112 Å². The smallest absolute Gasteiger partial charge is 0.255 e. The molecule has 0 saturated carbocycles. The Morgan fingerprint density at radius 2 is 2.00 bits per heavy atom. The first kappa shape index (κ1) is 14.8. The second-order valence-electron chi connectivity index (χ2n) is 4.39. The highest BCUT2D eigenvalue weighted by Crippen LogP contribution is 2.20. The van der Waals surface area contributed by atoms with Crippen LogP contribution in [-0.4, -0.2) is 44.0 Å². The average molecular weight is 265 g/mol. The Morgan fingerprint density at radius 1 is 1.37 bits per heavy atom. The number of methoxy groups -OCH3 is 1. The second kappa shape index (κ2) is 6.08. The number of hydrogen-bond donors (Lipinski definition) is 2. The number of hydrogen-bond acceptors (Lipinski definition) is 4. The number of amides is 2. The molecule has 1 rings (SSSR count). The number of ether oxygens (including phenoxy) is 1. The molecule has 2 amide bonds. The molecule has 0 saturated heterocycles. The number of rotatable bonds is 4. The van der Waals surface area contributed by atoms with Crippen LogP contribution in [0.5, 0.6) is 5.75 Å². The fraction of sp³-hybridized carbons (Fsp3) is 0.385. The molecule has 0 heterocycles. The van der Waals surface area contributed by atoms with Crippen molar-refractivity contribution in [3.05, 3.63) is 23.8 Å². The maximum Gasteiger partial charge on any atom is 0.255 e. The van der Waals surface area contributed by atoms with Gasteiger partial charge in [-0.15, -0.1) is 0 Å². The summed E-state index contributed by atoms with van der Waals surface area (Å²) in [6.07, 6.45) is 0. The minimum Gasteiger partial charge on any atom is -0.496 e. The van der Waals surface area contributed by atoms with Gasteiger partial charge in [0.1, 0.15) is 11.8 Å². The summed E-state index contributed by atoms with van der Waals surface area (Å²) in [4.78, 5) is 25.2. The zero-order valence-electron chi connectivity index (χ0n) is 11.6. The van der Waals surface area contributed by atoms with Crippen LogP contribution >= 0.6 is 0 Å². The van der Waals surface area contributed by atoms with E-state index >= 15 is 0 Å². The molecular weight excluding hydrogens is 246 g/mol. The summed E-state index contributed by atoms with van der Waals surface area (Å²) in [5, 5.41) is 2.61. The lowest BCUT2D eigenvalue weighted by atomic mass is 10.1. The molecular formula is C13H19N3O3. The molecule has 0 bridgehead atoms. The SMILES string of the molecule is COc1ccc(N)cc1C(=O)NC(C)C(=O)N(C)C. The molecule has 1 unspecified atom stereocenters. The van der Waals surface area contributed by atoms with Crippen LogP contribution in [0.15, 0.2) is 18.2 Å². The summed E-state index contributed by atoms with van der Waals surface area (Å²) in [6.45, 7) is 1.62. The number of benzene rings is 1. The lowest BCUT2D eigenvalue weighted by molar-refractivity contribution is -0.130. The number of anilines is 1. The largest absolute Gasteiger partial charge is 0.496 e. The van der Waals surface area contributed by atoms with Gasteiger partial charge in [0, 0.05) is 19.8 Å². The minimum absolute atomic E-state index is 0.184. The van der Waals surface area contributed by atoms with Crippen molar-refractivity contribution in [2.45, 2.75) is 13.0 Å².